The summed E-state index contributed by atoms with van der Waals surface area (Å²) < 4.78 is 6.51. The summed E-state index contributed by atoms with van der Waals surface area (Å²) in [5, 5.41) is 4.07. The van der Waals surface area contributed by atoms with Crippen molar-refractivity contribution < 1.29 is 4.52 Å². The number of rotatable bonds is 5. The standard InChI is InChI=1S/C8H8Cl2N2OP2S2/c1-12(15(9,10)17)11-6-7-2-4-8(5-3-7)13-14-16/h2-6H,1H3/b11-6+. The van der Waals surface area contributed by atoms with E-state index in [9.17, 15) is 0 Å². The average molecular weight is 345 g/mol. The van der Waals surface area contributed by atoms with Crippen molar-refractivity contribution in [3.05, 3.63) is 29.8 Å². The van der Waals surface area contributed by atoms with Gasteiger partial charge in [-0.05, 0) is 75.9 Å². The first kappa shape index (κ1) is 15.3. The molecule has 0 spiro atoms. The van der Waals surface area contributed by atoms with Gasteiger partial charge in [-0.15, -0.1) is 0 Å². The Hall–Kier alpha value is 0.240. The molecule has 1 aromatic rings. The Balaban J connectivity index is 2.72. The maximum absolute atomic E-state index is 5.79. The number of hydrazone groups is 1. The predicted octanol–water partition coefficient (Wildman–Crippen LogP) is 4.36. The molecule has 0 atom stereocenters. The Bertz CT molecular complexity index is 463. The van der Waals surface area contributed by atoms with Gasteiger partial charge in [-0.1, -0.05) is 0 Å². The van der Waals surface area contributed by atoms with Crippen molar-refractivity contribution >= 4 is 64.8 Å². The van der Waals surface area contributed by atoms with Crippen LogP contribution in [0.5, 0.6) is 5.75 Å². The summed E-state index contributed by atoms with van der Waals surface area (Å²) in [6.07, 6.45) is 1.63. The lowest BCUT2D eigenvalue weighted by Gasteiger charge is -2.15. The minimum atomic E-state index is -2.54. The molecule has 1 rings (SSSR count). The van der Waals surface area contributed by atoms with Gasteiger partial charge in [-0.2, -0.15) is 5.10 Å². The Morgan fingerprint density at radius 2 is 2.00 bits per heavy atom. The SMILES string of the molecule is CN(/N=C/c1ccc(OP=S)cc1)P(=S)(Cl)Cl. The maximum Gasteiger partial charge on any atom is 0.222 e. The molecule has 0 saturated carbocycles. The molecule has 0 aliphatic carbocycles. The zero-order valence-electron chi connectivity index (χ0n) is 8.66. The summed E-state index contributed by atoms with van der Waals surface area (Å²) in [4.78, 5) is -2.54. The van der Waals surface area contributed by atoms with Gasteiger partial charge >= 0.3 is 0 Å². The van der Waals surface area contributed by atoms with Crippen LogP contribution in [-0.4, -0.2) is 18.0 Å². The van der Waals surface area contributed by atoms with Crippen molar-refractivity contribution in [1.82, 2.24) is 4.78 Å². The third-order valence-corrected chi connectivity index (χ3v) is 5.04. The van der Waals surface area contributed by atoms with Crippen LogP contribution < -0.4 is 4.52 Å². The fourth-order valence-corrected chi connectivity index (χ4v) is 1.87. The minimum Gasteiger partial charge on any atom is -0.429 e. The average Bonchev–Trinajstić information content (AvgIpc) is 2.27. The van der Waals surface area contributed by atoms with Gasteiger partial charge in [0, 0.05) is 7.05 Å². The molecule has 0 heterocycles. The molecule has 0 aliphatic heterocycles. The molecule has 0 bridgehead atoms. The van der Waals surface area contributed by atoms with Gasteiger partial charge in [0.2, 0.25) is 12.5 Å². The van der Waals surface area contributed by atoms with Crippen molar-refractivity contribution in [2.75, 3.05) is 7.05 Å². The van der Waals surface area contributed by atoms with E-state index >= 15 is 0 Å². The Labute approximate surface area is 121 Å². The van der Waals surface area contributed by atoms with Gasteiger partial charge in [-0.3, -0.25) is 0 Å². The van der Waals surface area contributed by atoms with E-state index in [-0.39, 0.29) is 0 Å². The van der Waals surface area contributed by atoms with Gasteiger partial charge in [0.25, 0.3) is 0 Å². The zero-order chi connectivity index (χ0) is 12.9. The molecule has 0 aliphatic rings. The number of nitrogens with zero attached hydrogens (tertiary/aromatic N) is 2. The van der Waals surface area contributed by atoms with Crippen LogP contribution in [-0.2, 0) is 23.6 Å². The third-order valence-electron chi connectivity index (χ3n) is 1.73. The first-order valence-electron chi connectivity index (χ1n) is 4.31. The summed E-state index contributed by atoms with van der Waals surface area (Å²) in [6, 6.07) is 7.30. The highest BCUT2D eigenvalue weighted by atomic mass is 35.9. The van der Waals surface area contributed by atoms with Crippen LogP contribution in [0.2, 0.25) is 0 Å². The number of benzene rings is 1. The van der Waals surface area contributed by atoms with Crippen molar-refractivity contribution in [2.45, 2.75) is 0 Å². The molecule has 92 valence electrons. The van der Waals surface area contributed by atoms with Crippen LogP contribution in [0, 0.1) is 0 Å². The van der Waals surface area contributed by atoms with E-state index in [1.54, 1.807) is 25.4 Å². The minimum absolute atomic E-state index is 0.449. The number of hydrogen-bond acceptors (Lipinski definition) is 4. The molecule has 17 heavy (non-hydrogen) atoms. The van der Waals surface area contributed by atoms with Crippen molar-refractivity contribution in [1.29, 1.82) is 0 Å². The summed E-state index contributed by atoms with van der Waals surface area (Å²) in [5.41, 5.74) is 0.891. The van der Waals surface area contributed by atoms with Crippen LogP contribution in [0.4, 0.5) is 0 Å². The topological polar surface area (TPSA) is 24.8 Å². The normalized spacial score (nSPS) is 11.9. The zero-order valence-corrected chi connectivity index (χ0v) is 13.6. The molecule has 0 N–H and O–H groups in total. The van der Waals surface area contributed by atoms with E-state index in [0.29, 0.717) is 13.3 Å². The molecule has 0 amide bonds. The first-order valence-corrected chi connectivity index (χ1v) is 10.7. The lowest BCUT2D eigenvalue weighted by Crippen LogP contribution is -2.00. The summed E-state index contributed by atoms with van der Waals surface area (Å²) in [7, 11) is 2.09. The molecule has 3 nitrogen and oxygen atoms in total. The van der Waals surface area contributed by atoms with Crippen molar-refractivity contribution in [3.63, 3.8) is 0 Å². The fraction of sp³-hybridized carbons (Fsp3) is 0.125. The van der Waals surface area contributed by atoms with E-state index < -0.39 is 4.89 Å². The lowest BCUT2D eigenvalue weighted by molar-refractivity contribution is 0.611. The molecule has 0 aromatic heterocycles. The van der Waals surface area contributed by atoms with Crippen LogP contribution in [0.25, 0.3) is 0 Å². The van der Waals surface area contributed by atoms with E-state index in [4.69, 9.17) is 38.8 Å². The number of hydrogen-bond donors (Lipinski definition) is 0. The van der Waals surface area contributed by atoms with E-state index in [0.717, 1.165) is 5.56 Å². The lowest BCUT2D eigenvalue weighted by atomic mass is 10.2. The molecule has 0 unspecified atom stereocenters. The van der Waals surface area contributed by atoms with E-state index in [2.05, 4.69) is 16.9 Å². The Morgan fingerprint density at radius 3 is 2.47 bits per heavy atom. The predicted molar refractivity (Wildman–Crippen MR) is 82.7 cm³/mol. The first-order chi connectivity index (χ1) is 7.93. The molecule has 1 aromatic carbocycles. The van der Waals surface area contributed by atoms with Crippen LogP contribution in [0.1, 0.15) is 5.56 Å². The molecule has 0 fully saturated rings. The molecular formula is C8H8Cl2N2OP2S2. The fourth-order valence-electron chi connectivity index (χ4n) is 0.868. The van der Waals surface area contributed by atoms with Gasteiger partial charge < -0.3 is 4.52 Å². The largest absolute Gasteiger partial charge is 0.429 e. The van der Waals surface area contributed by atoms with E-state index in [1.807, 2.05) is 12.1 Å². The molecule has 0 saturated heterocycles. The monoisotopic (exact) mass is 344 g/mol. The highest BCUT2D eigenvalue weighted by Gasteiger charge is 2.12. The summed E-state index contributed by atoms with van der Waals surface area (Å²) in [6.45, 7) is 0. The molecule has 9 heteroatoms. The smallest absolute Gasteiger partial charge is 0.222 e. The van der Waals surface area contributed by atoms with Crippen LogP contribution in [0.3, 0.4) is 0 Å². The van der Waals surface area contributed by atoms with Gasteiger partial charge in [0.05, 0.1) is 6.21 Å². The quantitative estimate of drug-likeness (QED) is 0.450. The highest BCUT2D eigenvalue weighted by Crippen LogP contribution is 2.59. The van der Waals surface area contributed by atoms with Gasteiger partial charge in [-0.25, -0.2) is 4.78 Å². The highest BCUT2D eigenvalue weighted by molar-refractivity contribution is 8.37. The maximum atomic E-state index is 5.79. The number of halogens is 2. The second-order valence-corrected chi connectivity index (χ2v) is 11.4. The van der Waals surface area contributed by atoms with Crippen LogP contribution >= 0.6 is 35.0 Å². The second kappa shape index (κ2) is 6.98. The van der Waals surface area contributed by atoms with Gasteiger partial charge in [0.1, 0.15) is 5.75 Å². The van der Waals surface area contributed by atoms with Crippen LogP contribution in [0.15, 0.2) is 29.4 Å². The van der Waals surface area contributed by atoms with E-state index in [1.165, 1.54) is 4.78 Å². The third kappa shape index (κ3) is 5.60. The Morgan fingerprint density at radius 1 is 1.41 bits per heavy atom. The summed E-state index contributed by atoms with van der Waals surface area (Å²) in [5.74, 6) is 0.715. The van der Waals surface area contributed by atoms with Crippen molar-refractivity contribution in [3.8, 4) is 5.75 Å². The molecular weight excluding hydrogens is 337 g/mol. The van der Waals surface area contributed by atoms with Gasteiger partial charge in [0.15, 0.2) is 0 Å². The second-order valence-electron chi connectivity index (χ2n) is 2.90. The van der Waals surface area contributed by atoms with Crippen molar-refractivity contribution in [2.24, 2.45) is 5.10 Å². The summed E-state index contributed by atoms with van der Waals surface area (Å²) >= 11 is 21.1. The Kier molecular flexibility index (Phi) is 6.28. The molecule has 0 radical (unpaired) electrons.